The summed E-state index contributed by atoms with van der Waals surface area (Å²) in [5, 5.41) is 0. The molecular formula is C18H23NO3S. The molecule has 0 saturated carbocycles. The minimum Gasteiger partial charge on any atom is -0.497 e. The van der Waals surface area contributed by atoms with Crippen LogP contribution in [0.15, 0.2) is 48.5 Å². The second-order valence-corrected chi connectivity index (χ2v) is 7.35. The summed E-state index contributed by atoms with van der Waals surface area (Å²) in [7, 11) is -1.80. The Bertz CT molecular complexity index is 722. The van der Waals surface area contributed by atoms with E-state index in [1.165, 1.54) is 0 Å². The van der Waals surface area contributed by atoms with Gasteiger partial charge in [-0.25, -0.2) is 13.1 Å². The number of benzene rings is 2. The molecule has 0 radical (unpaired) electrons. The maximum Gasteiger partial charge on any atom is 0.216 e. The van der Waals surface area contributed by atoms with Gasteiger partial charge in [0, 0.05) is 6.04 Å². The Hall–Kier alpha value is -1.85. The third-order valence-corrected chi connectivity index (χ3v) is 5.08. The molecule has 0 heterocycles. The SMILES string of the molecule is CC[C@H](NS(=O)(=O)Cc1ccc(C)cc1)c1ccc(OC)cc1. The first-order valence-electron chi connectivity index (χ1n) is 7.63. The van der Waals surface area contributed by atoms with E-state index in [9.17, 15) is 8.42 Å². The Morgan fingerprint density at radius 1 is 1.04 bits per heavy atom. The highest BCUT2D eigenvalue weighted by molar-refractivity contribution is 7.88. The molecule has 1 N–H and O–H groups in total. The summed E-state index contributed by atoms with van der Waals surface area (Å²) in [6, 6.07) is 14.8. The van der Waals surface area contributed by atoms with Gasteiger partial charge in [-0.3, -0.25) is 0 Å². The van der Waals surface area contributed by atoms with Crippen molar-refractivity contribution in [3.8, 4) is 5.75 Å². The number of ether oxygens (including phenoxy) is 1. The van der Waals surface area contributed by atoms with Crippen molar-refractivity contribution in [2.24, 2.45) is 0 Å². The fourth-order valence-electron chi connectivity index (χ4n) is 2.39. The molecule has 0 bridgehead atoms. The number of nitrogens with one attached hydrogen (secondary N) is 1. The molecule has 124 valence electrons. The van der Waals surface area contributed by atoms with Gasteiger partial charge in [-0.05, 0) is 36.6 Å². The fourth-order valence-corrected chi connectivity index (χ4v) is 3.84. The molecule has 5 heteroatoms. The maximum absolute atomic E-state index is 12.4. The molecule has 0 amide bonds. The molecule has 4 nitrogen and oxygen atoms in total. The van der Waals surface area contributed by atoms with Crippen molar-refractivity contribution in [1.82, 2.24) is 4.72 Å². The molecule has 0 aliphatic carbocycles. The third-order valence-electron chi connectivity index (χ3n) is 3.73. The molecule has 0 aliphatic rings. The van der Waals surface area contributed by atoms with Gasteiger partial charge < -0.3 is 4.74 Å². The lowest BCUT2D eigenvalue weighted by atomic mass is 10.1. The first-order valence-corrected chi connectivity index (χ1v) is 9.28. The molecule has 23 heavy (non-hydrogen) atoms. The predicted molar refractivity (Wildman–Crippen MR) is 93.0 cm³/mol. The van der Waals surface area contributed by atoms with Gasteiger partial charge in [-0.1, -0.05) is 48.9 Å². The highest BCUT2D eigenvalue weighted by Crippen LogP contribution is 2.21. The maximum atomic E-state index is 12.4. The predicted octanol–water partition coefficient (Wildman–Crippen LogP) is 3.57. The van der Waals surface area contributed by atoms with Crippen molar-refractivity contribution in [3.05, 3.63) is 65.2 Å². The van der Waals surface area contributed by atoms with Crippen LogP contribution in [-0.4, -0.2) is 15.5 Å². The van der Waals surface area contributed by atoms with Gasteiger partial charge in [0.2, 0.25) is 10.0 Å². The van der Waals surface area contributed by atoms with Gasteiger partial charge in [0.15, 0.2) is 0 Å². The topological polar surface area (TPSA) is 55.4 Å². The summed E-state index contributed by atoms with van der Waals surface area (Å²) in [5.41, 5.74) is 2.83. The van der Waals surface area contributed by atoms with Gasteiger partial charge >= 0.3 is 0 Å². The van der Waals surface area contributed by atoms with Crippen LogP contribution >= 0.6 is 0 Å². The van der Waals surface area contributed by atoms with E-state index in [2.05, 4.69) is 4.72 Å². The Kier molecular flexibility index (Phi) is 5.80. The zero-order chi connectivity index (χ0) is 16.9. The van der Waals surface area contributed by atoms with Gasteiger partial charge in [-0.2, -0.15) is 0 Å². The van der Waals surface area contributed by atoms with Crippen LogP contribution in [0.3, 0.4) is 0 Å². The lowest BCUT2D eigenvalue weighted by Gasteiger charge is -2.18. The number of hydrogen-bond donors (Lipinski definition) is 1. The van der Waals surface area contributed by atoms with Crippen LogP contribution in [0.25, 0.3) is 0 Å². The van der Waals surface area contributed by atoms with Crippen LogP contribution in [-0.2, 0) is 15.8 Å². The normalized spacial score (nSPS) is 12.8. The van der Waals surface area contributed by atoms with E-state index >= 15 is 0 Å². The lowest BCUT2D eigenvalue weighted by molar-refractivity contribution is 0.414. The van der Waals surface area contributed by atoms with Crippen molar-refractivity contribution < 1.29 is 13.2 Å². The van der Waals surface area contributed by atoms with E-state index < -0.39 is 10.0 Å². The van der Waals surface area contributed by atoms with Crippen LogP contribution in [0.1, 0.15) is 36.1 Å². The Balaban J connectivity index is 2.10. The minimum absolute atomic E-state index is 0.0140. The summed E-state index contributed by atoms with van der Waals surface area (Å²) in [6.45, 7) is 3.94. The lowest BCUT2D eigenvalue weighted by Crippen LogP contribution is -2.29. The zero-order valence-electron chi connectivity index (χ0n) is 13.7. The summed E-state index contributed by atoms with van der Waals surface area (Å²) < 4.78 is 32.8. The smallest absolute Gasteiger partial charge is 0.216 e. The molecule has 2 rings (SSSR count). The van der Waals surface area contributed by atoms with Crippen LogP contribution < -0.4 is 9.46 Å². The summed E-state index contributed by atoms with van der Waals surface area (Å²) in [4.78, 5) is 0. The van der Waals surface area contributed by atoms with Crippen LogP contribution in [0.4, 0.5) is 0 Å². The molecule has 0 saturated heterocycles. The molecule has 1 atom stereocenters. The number of rotatable bonds is 7. The highest BCUT2D eigenvalue weighted by atomic mass is 32.2. The third kappa shape index (κ3) is 5.08. The van der Waals surface area contributed by atoms with Crippen molar-refractivity contribution in [3.63, 3.8) is 0 Å². The standard InChI is InChI=1S/C18H23NO3S/c1-4-18(16-9-11-17(22-3)12-10-16)19-23(20,21)13-15-7-5-14(2)6-8-15/h5-12,18-19H,4,13H2,1-3H3/t18-/m0/s1. The average Bonchev–Trinajstić information content (AvgIpc) is 2.55. The van der Waals surface area contributed by atoms with Gasteiger partial charge in [0.05, 0.1) is 12.9 Å². The monoisotopic (exact) mass is 333 g/mol. The largest absolute Gasteiger partial charge is 0.497 e. The van der Waals surface area contributed by atoms with E-state index in [0.29, 0.717) is 6.42 Å². The van der Waals surface area contributed by atoms with E-state index in [0.717, 1.165) is 22.4 Å². The molecule has 0 spiro atoms. The fraction of sp³-hybridized carbons (Fsp3) is 0.333. The van der Waals surface area contributed by atoms with Crippen molar-refractivity contribution in [2.75, 3.05) is 7.11 Å². The molecular weight excluding hydrogens is 310 g/mol. The van der Waals surface area contributed by atoms with Crippen LogP contribution in [0.5, 0.6) is 5.75 Å². The quantitative estimate of drug-likeness (QED) is 0.843. The molecule has 0 aromatic heterocycles. The summed E-state index contributed by atoms with van der Waals surface area (Å²) in [6.07, 6.45) is 0.680. The highest BCUT2D eigenvalue weighted by Gasteiger charge is 2.18. The van der Waals surface area contributed by atoms with Crippen molar-refractivity contribution in [1.29, 1.82) is 0 Å². The summed E-state index contributed by atoms with van der Waals surface area (Å²) >= 11 is 0. The molecule has 2 aromatic carbocycles. The van der Waals surface area contributed by atoms with Crippen LogP contribution in [0, 0.1) is 6.92 Å². The number of hydrogen-bond acceptors (Lipinski definition) is 3. The van der Waals surface area contributed by atoms with E-state index in [4.69, 9.17) is 4.74 Å². The number of aryl methyl sites for hydroxylation is 1. The van der Waals surface area contributed by atoms with Crippen molar-refractivity contribution in [2.45, 2.75) is 32.1 Å². The first kappa shape index (κ1) is 17.5. The van der Waals surface area contributed by atoms with E-state index in [1.807, 2.05) is 62.4 Å². The van der Waals surface area contributed by atoms with Crippen molar-refractivity contribution >= 4 is 10.0 Å². The minimum atomic E-state index is -3.40. The zero-order valence-corrected chi connectivity index (χ0v) is 14.6. The first-order chi connectivity index (χ1) is 10.9. The van der Waals surface area contributed by atoms with E-state index in [-0.39, 0.29) is 11.8 Å². The Morgan fingerprint density at radius 2 is 1.65 bits per heavy atom. The average molecular weight is 333 g/mol. The Labute approximate surface area is 138 Å². The number of methoxy groups -OCH3 is 1. The number of sulfonamides is 1. The molecule has 0 aliphatic heterocycles. The van der Waals surface area contributed by atoms with Crippen LogP contribution in [0.2, 0.25) is 0 Å². The van der Waals surface area contributed by atoms with E-state index in [1.54, 1.807) is 7.11 Å². The second-order valence-electron chi connectivity index (χ2n) is 5.60. The molecule has 2 aromatic rings. The molecule has 0 unspecified atom stereocenters. The Morgan fingerprint density at radius 3 is 2.17 bits per heavy atom. The second kappa shape index (κ2) is 7.62. The van der Waals surface area contributed by atoms with Gasteiger partial charge in [-0.15, -0.1) is 0 Å². The molecule has 0 fully saturated rings. The van der Waals surface area contributed by atoms with Gasteiger partial charge in [0.1, 0.15) is 5.75 Å². The van der Waals surface area contributed by atoms with Gasteiger partial charge in [0.25, 0.3) is 0 Å². The summed E-state index contributed by atoms with van der Waals surface area (Å²) in [5.74, 6) is 0.742.